The molecule has 0 spiro atoms. The number of aromatic amines is 1. The number of hydrogen-bond acceptors (Lipinski definition) is 11. The molecule has 1 aliphatic heterocycles. The highest BCUT2D eigenvalue weighted by Crippen LogP contribution is 2.33. The number of fused-ring (bicyclic) bond motifs is 2. The van der Waals surface area contributed by atoms with E-state index < -0.39 is 32.2 Å². The van der Waals surface area contributed by atoms with Crippen LogP contribution in [0.1, 0.15) is 29.9 Å². The van der Waals surface area contributed by atoms with Gasteiger partial charge in [-0.25, -0.2) is 26.6 Å². The molecular formula is C52H44F3N5O8S4. The van der Waals surface area contributed by atoms with Gasteiger partial charge in [0.15, 0.2) is 0 Å². The summed E-state index contributed by atoms with van der Waals surface area (Å²) < 4.78 is 99.1. The number of alkyl halides is 3. The predicted octanol–water partition coefficient (Wildman–Crippen LogP) is 13.3. The fourth-order valence-electron chi connectivity index (χ4n) is 6.89. The number of carbonyl (C=O) groups is 1. The Morgan fingerprint density at radius 3 is 1.58 bits per heavy atom. The van der Waals surface area contributed by atoms with Crippen LogP contribution < -0.4 is 18.9 Å². The van der Waals surface area contributed by atoms with Crippen molar-refractivity contribution < 1.29 is 49.4 Å². The zero-order chi connectivity index (χ0) is 50.0. The van der Waals surface area contributed by atoms with Crippen LogP contribution in [0, 0.1) is 0 Å². The Kier molecular flexibility index (Phi) is 16.6. The average molecular weight is 1050 g/mol. The molecule has 9 aromatic rings. The van der Waals surface area contributed by atoms with Gasteiger partial charge in [0.05, 0.1) is 28.1 Å². The molecule has 0 fully saturated rings. The number of aliphatic carboxylic acids is 1. The Morgan fingerprint density at radius 1 is 0.625 bits per heavy atom. The topological polar surface area (TPSA) is 189 Å². The minimum absolute atomic E-state index is 0. The van der Waals surface area contributed by atoms with Gasteiger partial charge < -0.3 is 19.6 Å². The number of aliphatic imine (C=N–C) groups is 1. The first-order valence-corrected chi connectivity index (χ1v) is 26.0. The summed E-state index contributed by atoms with van der Waals surface area (Å²) in [5.41, 5.74) is 7.76. The molecule has 0 saturated carbocycles. The Hall–Kier alpha value is -7.78. The molecule has 0 bridgehead atoms. The van der Waals surface area contributed by atoms with Gasteiger partial charge in [-0.15, -0.1) is 22.7 Å². The van der Waals surface area contributed by atoms with Crippen molar-refractivity contribution >= 4 is 82.5 Å². The summed E-state index contributed by atoms with van der Waals surface area (Å²) in [6.45, 7) is 0. The first-order valence-electron chi connectivity index (χ1n) is 21.3. The second-order valence-electron chi connectivity index (χ2n) is 15.5. The number of rotatable bonds is 14. The number of halogens is 3. The summed E-state index contributed by atoms with van der Waals surface area (Å²) >= 11 is 2.37. The van der Waals surface area contributed by atoms with E-state index in [1.807, 2.05) is 115 Å². The summed E-state index contributed by atoms with van der Waals surface area (Å²) in [6, 6.07) is 52.6. The third kappa shape index (κ3) is 14.2. The largest absolute Gasteiger partial charge is 0.490 e. The van der Waals surface area contributed by atoms with Gasteiger partial charge in [0, 0.05) is 25.0 Å². The molecule has 4 N–H and O–H groups in total. The Bertz CT molecular complexity index is 3490. The van der Waals surface area contributed by atoms with E-state index in [1.54, 1.807) is 65.4 Å². The number of hydrogen-bond donors (Lipinski definition) is 4. The summed E-state index contributed by atoms with van der Waals surface area (Å²) in [5.74, 6) is 1.21. The highest BCUT2D eigenvalue weighted by atomic mass is 32.3. The quantitative estimate of drug-likeness (QED) is 0.0821. The van der Waals surface area contributed by atoms with Crippen molar-refractivity contribution in [2.24, 2.45) is 4.99 Å². The van der Waals surface area contributed by atoms with Crippen LogP contribution in [-0.2, 0) is 44.1 Å². The second-order valence-corrected chi connectivity index (χ2v) is 21.2. The molecule has 0 radical (unpaired) electrons. The normalized spacial score (nSPS) is 11.9. The van der Waals surface area contributed by atoms with Gasteiger partial charge in [0.25, 0.3) is 20.0 Å². The zero-order valence-corrected chi connectivity index (χ0v) is 40.2. The van der Waals surface area contributed by atoms with Crippen LogP contribution in [0.15, 0.2) is 194 Å². The molecule has 3 aromatic heterocycles. The van der Waals surface area contributed by atoms with Crippen LogP contribution in [0.3, 0.4) is 0 Å². The molecule has 10 rings (SSSR count). The Labute approximate surface area is 421 Å². The van der Waals surface area contributed by atoms with Crippen molar-refractivity contribution in [1.29, 1.82) is 0 Å². The van der Waals surface area contributed by atoms with Gasteiger partial charge in [0.1, 0.15) is 37.2 Å². The number of sulfonamides is 2. The van der Waals surface area contributed by atoms with Crippen LogP contribution in [0.4, 0.5) is 30.2 Å². The smallest absolute Gasteiger partial charge is 0.475 e. The Balaban J connectivity index is 0.000000184. The van der Waals surface area contributed by atoms with E-state index in [1.165, 1.54) is 22.7 Å². The number of anilines is 2. The number of carboxylic acid groups (broad SMARTS) is 1. The SMILES string of the molecule is C.O=C(O)C(F)(F)F.O=S(=O)(Nc1ccc2c(c1)N=C(Cc1ccc(Oc3ccccc3)cc1)C2)c1cccs1.O=S(=O)(Nc1ccc2nc(Cc3ccc(Oc4ccccc4)cc3)[nH]c2c1)c1cccs1. The third-order valence-corrected chi connectivity index (χ3v) is 15.7. The molecule has 0 aliphatic carbocycles. The molecule has 0 amide bonds. The maximum absolute atomic E-state index is 12.5. The number of ether oxygens (including phenoxy) is 2. The number of nitrogens with one attached hydrogen (secondary N) is 3. The van der Waals surface area contributed by atoms with Gasteiger partial charge >= 0.3 is 12.1 Å². The van der Waals surface area contributed by atoms with Gasteiger partial charge in [-0.05, 0) is 118 Å². The fourth-order valence-corrected chi connectivity index (χ4v) is 11.0. The predicted molar refractivity (Wildman–Crippen MR) is 276 cm³/mol. The number of benzene rings is 6. The molecule has 6 aromatic carbocycles. The van der Waals surface area contributed by atoms with E-state index in [0.29, 0.717) is 22.0 Å². The fraction of sp³-hybridized carbons (Fsp3) is 0.0962. The summed E-state index contributed by atoms with van der Waals surface area (Å²) in [7, 11) is -7.15. The van der Waals surface area contributed by atoms with Crippen molar-refractivity contribution in [2.75, 3.05) is 9.44 Å². The molecule has 1 aliphatic rings. The van der Waals surface area contributed by atoms with E-state index in [9.17, 15) is 30.0 Å². The average Bonchev–Trinajstić information content (AvgIpc) is 4.20. The number of nitrogens with zero attached hydrogens (tertiary/aromatic N) is 2. The van der Waals surface area contributed by atoms with Crippen molar-refractivity contribution in [3.05, 3.63) is 203 Å². The minimum Gasteiger partial charge on any atom is -0.475 e. The molecule has 72 heavy (non-hydrogen) atoms. The number of carboxylic acids is 1. The lowest BCUT2D eigenvalue weighted by Crippen LogP contribution is -2.21. The van der Waals surface area contributed by atoms with Crippen molar-refractivity contribution in [2.45, 2.75) is 41.3 Å². The molecule has 370 valence electrons. The molecule has 0 atom stereocenters. The number of aromatic nitrogens is 2. The number of para-hydroxylation sites is 2. The van der Waals surface area contributed by atoms with Crippen LogP contribution >= 0.6 is 22.7 Å². The first-order chi connectivity index (χ1) is 34.0. The monoisotopic (exact) mass is 1050 g/mol. The van der Waals surface area contributed by atoms with Gasteiger partial charge in [-0.2, -0.15) is 13.2 Å². The van der Waals surface area contributed by atoms with E-state index in [-0.39, 0.29) is 11.6 Å². The van der Waals surface area contributed by atoms with Crippen molar-refractivity contribution in [3.8, 4) is 23.0 Å². The van der Waals surface area contributed by atoms with Gasteiger partial charge in [-0.1, -0.05) is 86.3 Å². The summed E-state index contributed by atoms with van der Waals surface area (Å²) in [6.07, 6.45) is -2.97. The van der Waals surface area contributed by atoms with Crippen LogP contribution in [0.2, 0.25) is 0 Å². The molecular weight excluding hydrogens is 1010 g/mol. The number of thiophene rings is 2. The van der Waals surface area contributed by atoms with Crippen LogP contribution in [-0.4, -0.2) is 49.8 Å². The zero-order valence-electron chi connectivity index (χ0n) is 36.9. The lowest BCUT2D eigenvalue weighted by atomic mass is 10.0. The Morgan fingerprint density at radius 2 is 1.10 bits per heavy atom. The lowest BCUT2D eigenvalue weighted by molar-refractivity contribution is -0.192. The number of imidazole rings is 1. The standard InChI is InChI=1S/C25H20N2O3S2.C24H19N3O3S2.C2HF3O2.CH4/c28-32(29,25-7-4-14-31-25)27-20-11-10-19-16-21(26-24(19)17-20)15-18-8-12-23(13-9-18)30-22-5-2-1-3-6-22;28-32(29,24-7-4-14-31-24)27-18-10-13-21-22(16-18)26-23(25-21)15-17-8-11-20(12-9-17)30-19-5-2-1-3-6-19;3-2(4,5)1(6)7;/h1-14,17,27H,15-16H2;1-14,16,27H,15H2,(H,25,26);(H,6,7);1H4. The van der Waals surface area contributed by atoms with Crippen molar-refractivity contribution in [3.63, 3.8) is 0 Å². The van der Waals surface area contributed by atoms with Crippen LogP contribution in [0.25, 0.3) is 11.0 Å². The van der Waals surface area contributed by atoms with E-state index in [4.69, 9.17) is 24.4 Å². The molecule has 13 nitrogen and oxygen atoms in total. The van der Waals surface area contributed by atoms with Crippen molar-refractivity contribution in [1.82, 2.24) is 9.97 Å². The highest BCUT2D eigenvalue weighted by molar-refractivity contribution is 7.95. The first kappa shape index (κ1) is 52.1. The number of H-pyrrole nitrogens is 1. The van der Waals surface area contributed by atoms with Gasteiger partial charge in [0.2, 0.25) is 0 Å². The molecule has 20 heteroatoms. The lowest BCUT2D eigenvalue weighted by Gasteiger charge is -2.07. The summed E-state index contributed by atoms with van der Waals surface area (Å²) in [5, 5.41) is 10.6. The summed E-state index contributed by atoms with van der Waals surface area (Å²) in [4.78, 5) is 21.5. The third-order valence-electron chi connectivity index (χ3n) is 10.1. The molecule has 0 saturated heterocycles. The van der Waals surface area contributed by atoms with E-state index >= 15 is 0 Å². The van der Waals surface area contributed by atoms with E-state index in [2.05, 4.69) is 19.4 Å². The molecule has 4 heterocycles. The van der Waals surface area contributed by atoms with Crippen LogP contribution in [0.5, 0.6) is 23.0 Å². The van der Waals surface area contributed by atoms with E-state index in [0.717, 1.165) is 80.8 Å². The maximum Gasteiger partial charge on any atom is 0.490 e. The highest BCUT2D eigenvalue weighted by Gasteiger charge is 2.38. The maximum atomic E-state index is 12.5. The minimum atomic E-state index is -5.08. The van der Waals surface area contributed by atoms with Gasteiger partial charge in [-0.3, -0.25) is 14.4 Å². The molecule has 0 unspecified atom stereocenters. The second kappa shape index (κ2) is 23.0.